The number of thiocarbonyl (C=S) groups is 1. The third-order valence-corrected chi connectivity index (χ3v) is 3.71. The predicted octanol–water partition coefficient (Wildman–Crippen LogP) is 2.85. The summed E-state index contributed by atoms with van der Waals surface area (Å²) in [5, 5.41) is 5.70. The summed E-state index contributed by atoms with van der Waals surface area (Å²) >= 11 is 5.18. The highest BCUT2D eigenvalue weighted by Crippen LogP contribution is 2.38. The quantitative estimate of drug-likeness (QED) is 0.751. The van der Waals surface area contributed by atoms with Gasteiger partial charge >= 0.3 is 0 Å². The number of ether oxygens (including phenoxy) is 4. The van der Waals surface area contributed by atoms with Crippen LogP contribution in [0.5, 0.6) is 23.0 Å². The maximum Gasteiger partial charge on any atom is 0.257 e. The molecule has 0 unspecified atom stereocenters. The van der Waals surface area contributed by atoms with Crippen LogP contribution in [0.15, 0.2) is 36.4 Å². The third-order valence-electron chi connectivity index (χ3n) is 3.50. The summed E-state index contributed by atoms with van der Waals surface area (Å²) in [4.78, 5) is 12.5. The molecule has 0 fully saturated rings. The SMILES string of the molecule is COc1ccc(NC(=S)NC(=O)c2cc(OC)c(OC)c(OC)c2)cc1. The minimum Gasteiger partial charge on any atom is -0.497 e. The fourth-order valence-corrected chi connectivity index (χ4v) is 2.43. The van der Waals surface area contributed by atoms with Crippen molar-refractivity contribution >= 4 is 28.9 Å². The zero-order chi connectivity index (χ0) is 19.1. The highest BCUT2D eigenvalue weighted by atomic mass is 32.1. The van der Waals surface area contributed by atoms with Crippen LogP contribution in [0.4, 0.5) is 5.69 Å². The molecule has 0 aliphatic heterocycles. The summed E-state index contributed by atoms with van der Waals surface area (Å²) < 4.78 is 20.8. The van der Waals surface area contributed by atoms with Crippen molar-refractivity contribution in [2.45, 2.75) is 0 Å². The molecule has 0 aliphatic carbocycles. The first-order valence-electron chi connectivity index (χ1n) is 7.58. The van der Waals surface area contributed by atoms with Crippen molar-refractivity contribution in [2.24, 2.45) is 0 Å². The number of amides is 1. The second-order valence-corrected chi connectivity index (χ2v) is 5.46. The van der Waals surface area contributed by atoms with E-state index in [0.29, 0.717) is 22.8 Å². The first-order chi connectivity index (χ1) is 12.5. The number of hydrogen-bond donors (Lipinski definition) is 2. The third kappa shape index (κ3) is 4.54. The van der Waals surface area contributed by atoms with Gasteiger partial charge in [0.25, 0.3) is 5.91 Å². The van der Waals surface area contributed by atoms with Gasteiger partial charge in [0.1, 0.15) is 5.75 Å². The number of rotatable bonds is 6. The first kappa shape index (κ1) is 19.3. The fourth-order valence-electron chi connectivity index (χ4n) is 2.22. The Morgan fingerprint density at radius 3 is 1.92 bits per heavy atom. The molecule has 0 atom stereocenters. The molecule has 26 heavy (non-hydrogen) atoms. The fraction of sp³-hybridized carbons (Fsp3) is 0.222. The van der Waals surface area contributed by atoms with Crippen molar-refractivity contribution in [3.63, 3.8) is 0 Å². The Morgan fingerprint density at radius 1 is 0.885 bits per heavy atom. The van der Waals surface area contributed by atoms with Crippen molar-refractivity contribution < 1.29 is 23.7 Å². The molecule has 2 rings (SSSR count). The second-order valence-electron chi connectivity index (χ2n) is 5.05. The molecule has 0 aliphatic rings. The van der Waals surface area contributed by atoms with Crippen molar-refractivity contribution in [3.05, 3.63) is 42.0 Å². The van der Waals surface area contributed by atoms with E-state index >= 15 is 0 Å². The lowest BCUT2D eigenvalue weighted by molar-refractivity contribution is 0.0977. The van der Waals surface area contributed by atoms with Gasteiger partial charge in [-0.05, 0) is 48.6 Å². The highest BCUT2D eigenvalue weighted by molar-refractivity contribution is 7.80. The number of carbonyl (C=O) groups is 1. The van der Waals surface area contributed by atoms with Gasteiger partial charge in [-0.1, -0.05) is 0 Å². The van der Waals surface area contributed by atoms with Crippen LogP contribution < -0.4 is 29.6 Å². The first-order valence-corrected chi connectivity index (χ1v) is 7.99. The van der Waals surface area contributed by atoms with Crippen LogP contribution in [0.25, 0.3) is 0 Å². The maximum atomic E-state index is 12.5. The van der Waals surface area contributed by atoms with Crippen LogP contribution in [0.2, 0.25) is 0 Å². The molecule has 0 spiro atoms. The number of benzene rings is 2. The lowest BCUT2D eigenvalue weighted by Crippen LogP contribution is -2.34. The largest absolute Gasteiger partial charge is 0.497 e. The van der Waals surface area contributed by atoms with E-state index in [2.05, 4.69) is 10.6 Å². The number of carbonyl (C=O) groups excluding carboxylic acids is 1. The summed E-state index contributed by atoms with van der Waals surface area (Å²) in [6.07, 6.45) is 0. The summed E-state index contributed by atoms with van der Waals surface area (Å²) in [5.74, 6) is 1.49. The standard InChI is InChI=1S/C18H20N2O5S/c1-22-13-7-5-12(6-8-13)19-18(26)20-17(21)11-9-14(23-2)16(25-4)15(10-11)24-3/h5-10H,1-4H3,(H2,19,20,21,26). The molecule has 138 valence electrons. The molecular weight excluding hydrogens is 356 g/mol. The second kappa shape index (κ2) is 8.91. The number of hydrogen-bond acceptors (Lipinski definition) is 6. The molecule has 0 heterocycles. The zero-order valence-corrected chi connectivity index (χ0v) is 15.7. The lowest BCUT2D eigenvalue weighted by Gasteiger charge is -2.14. The summed E-state index contributed by atoms with van der Waals surface area (Å²) in [6.45, 7) is 0. The Bertz CT molecular complexity index is 768. The van der Waals surface area contributed by atoms with Crippen molar-refractivity contribution in [3.8, 4) is 23.0 Å². The molecule has 2 aromatic rings. The van der Waals surface area contributed by atoms with Gasteiger partial charge in [0, 0.05) is 11.3 Å². The van der Waals surface area contributed by atoms with E-state index < -0.39 is 5.91 Å². The molecular formula is C18H20N2O5S. The lowest BCUT2D eigenvalue weighted by atomic mass is 10.1. The normalized spacial score (nSPS) is 9.85. The Kier molecular flexibility index (Phi) is 6.62. The van der Waals surface area contributed by atoms with E-state index in [-0.39, 0.29) is 5.11 Å². The van der Waals surface area contributed by atoms with E-state index in [0.717, 1.165) is 11.4 Å². The van der Waals surface area contributed by atoms with E-state index in [1.165, 1.54) is 21.3 Å². The van der Waals surface area contributed by atoms with Gasteiger partial charge in [0.2, 0.25) is 5.75 Å². The van der Waals surface area contributed by atoms with Crippen LogP contribution >= 0.6 is 12.2 Å². The van der Waals surface area contributed by atoms with Gasteiger partial charge in [0.15, 0.2) is 16.6 Å². The van der Waals surface area contributed by atoms with Gasteiger partial charge < -0.3 is 24.3 Å². The number of nitrogens with one attached hydrogen (secondary N) is 2. The van der Waals surface area contributed by atoms with Gasteiger partial charge in [-0.3, -0.25) is 10.1 Å². The summed E-state index contributed by atoms with van der Waals surface area (Å²) in [5.41, 5.74) is 1.04. The van der Waals surface area contributed by atoms with Gasteiger partial charge in [-0.15, -0.1) is 0 Å². The molecule has 2 N–H and O–H groups in total. The molecule has 0 radical (unpaired) electrons. The molecule has 8 heteroatoms. The summed E-state index contributed by atoms with van der Waals surface area (Å²) in [6, 6.07) is 10.2. The van der Waals surface area contributed by atoms with Crippen molar-refractivity contribution in [1.29, 1.82) is 0 Å². The Hall–Kier alpha value is -3.00. The highest BCUT2D eigenvalue weighted by Gasteiger charge is 2.17. The van der Waals surface area contributed by atoms with E-state index in [9.17, 15) is 4.79 Å². The van der Waals surface area contributed by atoms with Crippen LogP contribution in [0.3, 0.4) is 0 Å². The monoisotopic (exact) mass is 376 g/mol. The molecule has 2 aromatic carbocycles. The average Bonchev–Trinajstić information content (AvgIpc) is 2.67. The van der Waals surface area contributed by atoms with Gasteiger partial charge in [-0.2, -0.15) is 0 Å². The topological polar surface area (TPSA) is 78.1 Å². The van der Waals surface area contributed by atoms with Crippen LogP contribution in [-0.4, -0.2) is 39.5 Å². The minimum atomic E-state index is -0.407. The number of methoxy groups -OCH3 is 4. The average molecular weight is 376 g/mol. The van der Waals surface area contributed by atoms with Crippen LogP contribution in [0, 0.1) is 0 Å². The summed E-state index contributed by atoms with van der Waals surface area (Å²) in [7, 11) is 6.04. The van der Waals surface area contributed by atoms with E-state index in [4.69, 9.17) is 31.2 Å². The minimum absolute atomic E-state index is 0.161. The maximum absolute atomic E-state index is 12.5. The van der Waals surface area contributed by atoms with Gasteiger partial charge in [-0.25, -0.2) is 0 Å². The molecule has 7 nitrogen and oxygen atoms in total. The van der Waals surface area contributed by atoms with Crippen molar-refractivity contribution in [1.82, 2.24) is 5.32 Å². The molecule has 0 aromatic heterocycles. The molecule has 0 saturated heterocycles. The van der Waals surface area contributed by atoms with Crippen LogP contribution in [-0.2, 0) is 0 Å². The Morgan fingerprint density at radius 2 is 1.46 bits per heavy atom. The molecule has 0 saturated carbocycles. The van der Waals surface area contributed by atoms with Crippen LogP contribution in [0.1, 0.15) is 10.4 Å². The van der Waals surface area contributed by atoms with Gasteiger partial charge in [0.05, 0.1) is 28.4 Å². The Labute approximate surface area is 157 Å². The smallest absolute Gasteiger partial charge is 0.257 e. The van der Waals surface area contributed by atoms with Crippen molar-refractivity contribution in [2.75, 3.05) is 33.8 Å². The zero-order valence-electron chi connectivity index (χ0n) is 14.9. The van der Waals surface area contributed by atoms with E-state index in [1.807, 2.05) is 0 Å². The molecule has 1 amide bonds. The molecule has 0 bridgehead atoms. The van der Waals surface area contributed by atoms with E-state index in [1.54, 1.807) is 43.5 Å². The number of anilines is 1. The Balaban J connectivity index is 2.11. The predicted molar refractivity (Wildman–Crippen MR) is 103 cm³/mol.